The van der Waals surface area contributed by atoms with Gasteiger partial charge in [0.25, 0.3) is 0 Å². The van der Waals surface area contributed by atoms with Crippen LogP contribution < -0.4 is 21.7 Å². The third-order valence-electron chi connectivity index (χ3n) is 6.07. The molecule has 210 valence electrons. The second kappa shape index (κ2) is 16.8. The number of benzene rings is 2. The molecule has 4 aromatic rings. The highest BCUT2D eigenvalue weighted by atomic mass is 16.5. The van der Waals surface area contributed by atoms with Crippen molar-refractivity contribution in [1.29, 1.82) is 0 Å². The number of nitrogens with one attached hydrogen (secondary N) is 3. The molecule has 0 atom stereocenters. The lowest BCUT2D eigenvalue weighted by Crippen LogP contribution is -2.18. The Balaban J connectivity index is 1.38. The van der Waals surface area contributed by atoms with Gasteiger partial charge in [0.05, 0.1) is 38.7 Å². The molecule has 2 heterocycles. The van der Waals surface area contributed by atoms with E-state index in [0.29, 0.717) is 70.5 Å². The summed E-state index contributed by atoms with van der Waals surface area (Å²) in [4.78, 5) is 18.1. The highest BCUT2D eigenvalue weighted by Crippen LogP contribution is 2.27. The molecule has 0 aliphatic rings. The zero-order valence-corrected chi connectivity index (χ0v) is 22.7. The molecule has 0 amide bonds. The normalized spacial score (nSPS) is 10.9. The number of ether oxygens (including phenoxy) is 2. The molecule has 0 saturated carbocycles. The SMILES string of the molecule is NCCOCCOCCNc1nc(NCCC(c2ccccc2)c2ccccc2)nc(NCc2ccccn2)n1. The number of rotatable bonds is 18. The molecule has 0 aliphatic carbocycles. The first-order valence-corrected chi connectivity index (χ1v) is 13.6. The molecule has 2 aromatic carbocycles. The van der Waals surface area contributed by atoms with E-state index in [0.717, 1.165) is 12.1 Å². The first kappa shape index (κ1) is 28.9. The Morgan fingerprint density at radius 1 is 0.625 bits per heavy atom. The van der Waals surface area contributed by atoms with Gasteiger partial charge in [0, 0.05) is 31.7 Å². The average Bonchev–Trinajstić information content (AvgIpc) is 3.01. The van der Waals surface area contributed by atoms with Crippen LogP contribution in [0.25, 0.3) is 0 Å². The minimum Gasteiger partial charge on any atom is -0.378 e. The second-order valence-electron chi connectivity index (χ2n) is 9.01. The maximum Gasteiger partial charge on any atom is 0.229 e. The van der Waals surface area contributed by atoms with E-state index in [1.54, 1.807) is 6.20 Å². The van der Waals surface area contributed by atoms with Crippen molar-refractivity contribution < 1.29 is 9.47 Å². The minimum absolute atomic E-state index is 0.252. The molecule has 0 aliphatic heterocycles. The molecule has 40 heavy (non-hydrogen) atoms. The Bertz CT molecular complexity index is 1190. The number of hydrogen-bond acceptors (Lipinski definition) is 10. The summed E-state index contributed by atoms with van der Waals surface area (Å²) in [5, 5.41) is 9.90. The molecule has 0 unspecified atom stereocenters. The van der Waals surface area contributed by atoms with Gasteiger partial charge in [-0.05, 0) is 29.7 Å². The molecule has 0 radical (unpaired) electrons. The van der Waals surface area contributed by atoms with Gasteiger partial charge in [0.15, 0.2) is 0 Å². The second-order valence-corrected chi connectivity index (χ2v) is 9.01. The number of nitrogens with zero attached hydrogens (tertiary/aromatic N) is 4. The monoisotopic (exact) mass is 542 g/mol. The van der Waals surface area contributed by atoms with Crippen LogP contribution in [0, 0.1) is 0 Å². The summed E-state index contributed by atoms with van der Waals surface area (Å²) in [6.45, 7) is 4.29. The molecule has 4 rings (SSSR count). The molecule has 5 N–H and O–H groups in total. The van der Waals surface area contributed by atoms with E-state index in [1.807, 2.05) is 30.3 Å². The lowest BCUT2D eigenvalue weighted by atomic mass is 9.88. The highest BCUT2D eigenvalue weighted by Gasteiger charge is 2.14. The van der Waals surface area contributed by atoms with Crippen molar-refractivity contribution in [2.24, 2.45) is 5.73 Å². The molecule has 2 aromatic heterocycles. The molecule has 0 bridgehead atoms. The van der Waals surface area contributed by atoms with Crippen molar-refractivity contribution in [2.45, 2.75) is 18.9 Å². The zero-order valence-electron chi connectivity index (χ0n) is 22.7. The van der Waals surface area contributed by atoms with Crippen LogP contribution in [0.4, 0.5) is 17.8 Å². The fourth-order valence-electron chi connectivity index (χ4n) is 4.15. The molecule has 10 nitrogen and oxygen atoms in total. The van der Waals surface area contributed by atoms with Gasteiger partial charge in [-0.3, -0.25) is 4.98 Å². The van der Waals surface area contributed by atoms with Crippen LogP contribution >= 0.6 is 0 Å². The molecule has 0 fully saturated rings. The van der Waals surface area contributed by atoms with E-state index in [9.17, 15) is 0 Å². The Hall–Kier alpha value is -4.12. The standard InChI is InChI=1S/C30H38N8O2/c31-15-19-39-21-22-40-20-18-34-29-36-28(37-30(38-29)35-23-26-13-7-8-16-32-26)33-17-14-27(24-9-3-1-4-10-24)25-11-5-2-6-12-25/h1-13,16,27H,14-15,17-23,31H2,(H3,33,34,35,36,37,38). The summed E-state index contributed by atoms with van der Waals surface area (Å²) in [5.74, 6) is 1.68. The van der Waals surface area contributed by atoms with E-state index >= 15 is 0 Å². The Morgan fingerprint density at radius 3 is 1.80 bits per heavy atom. The topological polar surface area (TPSA) is 132 Å². The number of pyridine rings is 1. The van der Waals surface area contributed by atoms with Crippen molar-refractivity contribution in [3.05, 3.63) is 102 Å². The Labute approximate surface area is 235 Å². The number of hydrogen-bond donors (Lipinski definition) is 4. The number of aromatic nitrogens is 4. The van der Waals surface area contributed by atoms with Crippen molar-refractivity contribution in [1.82, 2.24) is 19.9 Å². The summed E-state index contributed by atoms with van der Waals surface area (Å²) < 4.78 is 10.9. The van der Waals surface area contributed by atoms with Crippen LogP contribution in [-0.2, 0) is 16.0 Å². The van der Waals surface area contributed by atoms with Gasteiger partial charge in [0.2, 0.25) is 17.8 Å². The lowest BCUT2D eigenvalue weighted by Gasteiger charge is -2.19. The van der Waals surface area contributed by atoms with Crippen LogP contribution in [0.5, 0.6) is 0 Å². The smallest absolute Gasteiger partial charge is 0.229 e. The highest BCUT2D eigenvalue weighted by molar-refractivity contribution is 5.42. The van der Waals surface area contributed by atoms with Gasteiger partial charge in [-0.25, -0.2) is 0 Å². The summed E-state index contributed by atoms with van der Waals surface area (Å²) in [7, 11) is 0. The first-order chi connectivity index (χ1) is 19.8. The first-order valence-electron chi connectivity index (χ1n) is 13.6. The number of nitrogens with two attached hydrogens (primary N) is 1. The molecular weight excluding hydrogens is 504 g/mol. The summed E-state index contributed by atoms with van der Waals surface area (Å²) in [6.07, 6.45) is 2.64. The van der Waals surface area contributed by atoms with Crippen LogP contribution in [0.2, 0.25) is 0 Å². The number of anilines is 3. The Kier molecular flexibility index (Phi) is 12.1. The van der Waals surface area contributed by atoms with Crippen LogP contribution in [0.15, 0.2) is 85.1 Å². The average molecular weight is 543 g/mol. The van der Waals surface area contributed by atoms with Gasteiger partial charge in [-0.2, -0.15) is 15.0 Å². The summed E-state index contributed by atoms with van der Waals surface area (Å²) >= 11 is 0. The van der Waals surface area contributed by atoms with E-state index in [-0.39, 0.29) is 5.92 Å². The maximum atomic E-state index is 5.60. The van der Waals surface area contributed by atoms with Crippen LogP contribution in [0.1, 0.15) is 29.2 Å². The quantitative estimate of drug-likeness (QED) is 0.137. The lowest BCUT2D eigenvalue weighted by molar-refractivity contribution is 0.0547. The van der Waals surface area contributed by atoms with E-state index in [2.05, 4.69) is 84.4 Å². The maximum absolute atomic E-state index is 5.60. The fraction of sp³-hybridized carbons (Fsp3) is 0.333. The van der Waals surface area contributed by atoms with Crippen molar-refractivity contribution in [2.75, 3.05) is 62.0 Å². The minimum atomic E-state index is 0.252. The predicted octanol–water partition coefficient (Wildman–Crippen LogP) is 3.92. The molecule has 0 spiro atoms. The van der Waals surface area contributed by atoms with E-state index < -0.39 is 0 Å². The zero-order chi connectivity index (χ0) is 27.7. The van der Waals surface area contributed by atoms with E-state index in [1.165, 1.54) is 11.1 Å². The third-order valence-corrected chi connectivity index (χ3v) is 6.07. The molecule has 10 heteroatoms. The van der Waals surface area contributed by atoms with Crippen molar-refractivity contribution >= 4 is 17.8 Å². The Morgan fingerprint density at radius 2 is 1.20 bits per heavy atom. The predicted molar refractivity (Wildman–Crippen MR) is 158 cm³/mol. The van der Waals surface area contributed by atoms with Gasteiger partial charge in [0.1, 0.15) is 0 Å². The van der Waals surface area contributed by atoms with Crippen molar-refractivity contribution in [3.63, 3.8) is 0 Å². The fourth-order valence-corrected chi connectivity index (χ4v) is 4.15. The van der Waals surface area contributed by atoms with Crippen molar-refractivity contribution in [3.8, 4) is 0 Å². The molecule has 0 saturated heterocycles. The van der Waals surface area contributed by atoms with Crippen LogP contribution in [0.3, 0.4) is 0 Å². The van der Waals surface area contributed by atoms with Gasteiger partial charge >= 0.3 is 0 Å². The molecular formula is C30H38N8O2. The van der Waals surface area contributed by atoms with Gasteiger partial charge < -0.3 is 31.2 Å². The summed E-state index contributed by atoms with van der Waals surface area (Å²) in [6, 6.07) is 26.9. The van der Waals surface area contributed by atoms with Gasteiger partial charge in [-0.1, -0.05) is 66.7 Å². The van der Waals surface area contributed by atoms with Crippen LogP contribution in [-0.4, -0.2) is 66.0 Å². The van der Waals surface area contributed by atoms with E-state index in [4.69, 9.17) is 15.2 Å². The van der Waals surface area contributed by atoms with Gasteiger partial charge in [-0.15, -0.1) is 0 Å². The third kappa shape index (κ3) is 9.88. The summed E-state index contributed by atoms with van der Waals surface area (Å²) in [5.41, 5.74) is 8.87. The largest absolute Gasteiger partial charge is 0.378 e.